The van der Waals surface area contributed by atoms with Gasteiger partial charge in [-0.15, -0.1) is 11.6 Å². The SMILES string of the molecule is CCCC(Cl)CNC(=O)c1cc(Br)ccc1Br. The molecule has 17 heavy (non-hydrogen) atoms. The zero-order valence-electron chi connectivity index (χ0n) is 9.47. The molecular formula is C12H14Br2ClNO. The van der Waals surface area contributed by atoms with Crippen molar-refractivity contribution < 1.29 is 4.79 Å². The highest BCUT2D eigenvalue weighted by Gasteiger charge is 2.12. The molecule has 0 aromatic heterocycles. The maximum atomic E-state index is 11.9. The van der Waals surface area contributed by atoms with Gasteiger partial charge in [0.1, 0.15) is 0 Å². The number of nitrogens with one attached hydrogen (secondary N) is 1. The van der Waals surface area contributed by atoms with Crippen molar-refractivity contribution in [3.05, 3.63) is 32.7 Å². The molecule has 1 aromatic carbocycles. The Morgan fingerprint density at radius 3 is 2.82 bits per heavy atom. The number of hydrogen-bond acceptors (Lipinski definition) is 1. The molecule has 94 valence electrons. The normalized spacial score (nSPS) is 12.2. The molecule has 0 radical (unpaired) electrons. The van der Waals surface area contributed by atoms with E-state index in [1.165, 1.54) is 0 Å². The molecule has 0 aliphatic heterocycles. The van der Waals surface area contributed by atoms with Crippen molar-refractivity contribution in [2.45, 2.75) is 25.1 Å². The summed E-state index contributed by atoms with van der Waals surface area (Å²) in [6.45, 7) is 2.56. The first-order valence-electron chi connectivity index (χ1n) is 5.42. The number of alkyl halides is 1. The molecule has 0 fully saturated rings. The van der Waals surface area contributed by atoms with Crippen LogP contribution in [0.25, 0.3) is 0 Å². The number of halogens is 3. The standard InChI is InChI=1S/C12H14Br2ClNO/c1-2-3-9(15)7-16-12(17)10-6-8(13)4-5-11(10)14/h4-6,9H,2-3,7H2,1H3,(H,16,17). The van der Waals surface area contributed by atoms with Crippen LogP contribution in [0, 0.1) is 0 Å². The molecule has 1 atom stereocenters. The zero-order chi connectivity index (χ0) is 12.8. The third-order valence-electron chi connectivity index (χ3n) is 2.26. The van der Waals surface area contributed by atoms with Crippen LogP contribution in [0.5, 0.6) is 0 Å². The van der Waals surface area contributed by atoms with Crippen molar-refractivity contribution in [2.75, 3.05) is 6.54 Å². The first-order valence-corrected chi connectivity index (χ1v) is 7.44. The lowest BCUT2D eigenvalue weighted by Gasteiger charge is -2.10. The van der Waals surface area contributed by atoms with Crippen molar-refractivity contribution in [3.63, 3.8) is 0 Å². The molecular weight excluding hydrogens is 369 g/mol. The minimum absolute atomic E-state index is 0.00474. The molecule has 2 nitrogen and oxygen atoms in total. The van der Waals surface area contributed by atoms with Gasteiger partial charge in [-0.25, -0.2) is 0 Å². The lowest BCUT2D eigenvalue weighted by Crippen LogP contribution is -2.29. The second-order valence-electron chi connectivity index (χ2n) is 3.72. The molecule has 1 unspecified atom stereocenters. The molecule has 0 aliphatic rings. The van der Waals surface area contributed by atoms with Gasteiger partial charge in [0.05, 0.1) is 10.9 Å². The van der Waals surface area contributed by atoms with Gasteiger partial charge in [0.15, 0.2) is 0 Å². The van der Waals surface area contributed by atoms with E-state index in [9.17, 15) is 4.79 Å². The van der Waals surface area contributed by atoms with Gasteiger partial charge in [0.2, 0.25) is 0 Å². The number of carbonyl (C=O) groups excluding carboxylic acids is 1. The smallest absolute Gasteiger partial charge is 0.252 e. The summed E-state index contributed by atoms with van der Waals surface area (Å²) in [6, 6.07) is 5.49. The Bertz CT molecular complexity index is 398. The van der Waals surface area contributed by atoms with Crippen LogP contribution in [0.2, 0.25) is 0 Å². The van der Waals surface area contributed by atoms with E-state index in [1.54, 1.807) is 6.07 Å². The quantitative estimate of drug-likeness (QED) is 0.753. The Hall–Kier alpha value is -0.0600. The average molecular weight is 384 g/mol. The van der Waals surface area contributed by atoms with E-state index in [1.807, 2.05) is 12.1 Å². The topological polar surface area (TPSA) is 29.1 Å². The highest BCUT2D eigenvalue weighted by atomic mass is 79.9. The molecule has 1 rings (SSSR count). The molecule has 1 N–H and O–H groups in total. The zero-order valence-corrected chi connectivity index (χ0v) is 13.4. The van der Waals surface area contributed by atoms with Gasteiger partial charge in [-0.2, -0.15) is 0 Å². The van der Waals surface area contributed by atoms with Crippen LogP contribution in [-0.4, -0.2) is 17.8 Å². The van der Waals surface area contributed by atoms with Crippen LogP contribution in [-0.2, 0) is 0 Å². The van der Waals surface area contributed by atoms with Gasteiger partial charge in [-0.05, 0) is 40.5 Å². The first-order chi connectivity index (χ1) is 8.04. The van der Waals surface area contributed by atoms with Gasteiger partial charge < -0.3 is 5.32 Å². The van der Waals surface area contributed by atoms with Gasteiger partial charge in [-0.1, -0.05) is 29.3 Å². The van der Waals surface area contributed by atoms with E-state index in [-0.39, 0.29) is 11.3 Å². The van der Waals surface area contributed by atoms with E-state index >= 15 is 0 Å². The second-order valence-corrected chi connectivity index (χ2v) is 6.11. The van der Waals surface area contributed by atoms with E-state index in [2.05, 4.69) is 44.1 Å². The first kappa shape index (κ1) is 15.0. The van der Waals surface area contributed by atoms with Crippen LogP contribution < -0.4 is 5.32 Å². The van der Waals surface area contributed by atoms with Gasteiger partial charge in [0, 0.05) is 15.5 Å². The Kier molecular flexibility index (Phi) is 6.52. The maximum absolute atomic E-state index is 11.9. The van der Waals surface area contributed by atoms with Crippen molar-refractivity contribution in [1.29, 1.82) is 0 Å². The van der Waals surface area contributed by atoms with E-state index < -0.39 is 0 Å². The summed E-state index contributed by atoms with van der Waals surface area (Å²) in [4.78, 5) is 11.9. The Balaban J connectivity index is 2.61. The average Bonchev–Trinajstić information content (AvgIpc) is 2.29. The molecule has 0 aliphatic carbocycles. The molecule has 1 amide bonds. The Morgan fingerprint density at radius 2 is 2.18 bits per heavy atom. The Morgan fingerprint density at radius 1 is 1.47 bits per heavy atom. The minimum atomic E-state index is -0.111. The summed E-state index contributed by atoms with van der Waals surface area (Å²) in [5, 5.41) is 2.83. The summed E-state index contributed by atoms with van der Waals surface area (Å²) >= 11 is 12.7. The predicted octanol–water partition coefficient (Wildman–Crippen LogP) is 4.35. The number of carbonyl (C=O) groups is 1. The number of rotatable bonds is 5. The molecule has 0 saturated carbocycles. The summed E-state index contributed by atoms with van der Waals surface area (Å²) in [5.41, 5.74) is 0.611. The number of hydrogen-bond donors (Lipinski definition) is 1. The summed E-state index contributed by atoms with van der Waals surface area (Å²) < 4.78 is 1.65. The largest absolute Gasteiger partial charge is 0.351 e. The fourth-order valence-electron chi connectivity index (χ4n) is 1.39. The fraction of sp³-hybridized carbons (Fsp3) is 0.417. The van der Waals surface area contributed by atoms with Crippen LogP contribution >= 0.6 is 43.5 Å². The molecule has 0 heterocycles. The molecule has 5 heteroatoms. The molecule has 1 aromatic rings. The maximum Gasteiger partial charge on any atom is 0.252 e. The molecule has 0 saturated heterocycles. The summed E-state index contributed by atoms with van der Waals surface area (Å²) in [7, 11) is 0. The molecule has 0 spiro atoms. The third kappa shape index (κ3) is 4.98. The lowest BCUT2D eigenvalue weighted by atomic mass is 10.2. The number of amides is 1. The predicted molar refractivity (Wildman–Crippen MR) is 78.7 cm³/mol. The van der Waals surface area contributed by atoms with Crippen molar-refractivity contribution in [1.82, 2.24) is 5.32 Å². The van der Waals surface area contributed by atoms with E-state index in [0.717, 1.165) is 21.8 Å². The van der Waals surface area contributed by atoms with Crippen molar-refractivity contribution in [2.24, 2.45) is 0 Å². The van der Waals surface area contributed by atoms with Gasteiger partial charge >= 0.3 is 0 Å². The fourth-order valence-corrected chi connectivity index (χ4v) is 2.47. The monoisotopic (exact) mass is 381 g/mol. The van der Waals surface area contributed by atoms with Crippen LogP contribution in [0.4, 0.5) is 0 Å². The van der Waals surface area contributed by atoms with Crippen LogP contribution in [0.15, 0.2) is 27.1 Å². The minimum Gasteiger partial charge on any atom is -0.351 e. The van der Waals surface area contributed by atoms with Crippen molar-refractivity contribution >= 4 is 49.4 Å². The Labute approximate surface area is 123 Å². The third-order valence-corrected chi connectivity index (χ3v) is 3.82. The van der Waals surface area contributed by atoms with Gasteiger partial charge in [-0.3, -0.25) is 4.79 Å². The van der Waals surface area contributed by atoms with Gasteiger partial charge in [0.25, 0.3) is 5.91 Å². The highest BCUT2D eigenvalue weighted by Crippen LogP contribution is 2.21. The van der Waals surface area contributed by atoms with Crippen molar-refractivity contribution in [3.8, 4) is 0 Å². The van der Waals surface area contributed by atoms with E-state index in [0.29, 0.717) is 12.1 Å². The highest BCUT2D eigenvalue weighted by molar-refractivity contribution is 9.11. The van der Waals surface area contributed by atoms with Crippen LogP contribution in [0.3, 0.4) is 0 Å². The van der Waals surface area contributed by atoms with Crippen LogP contribution in [0.1, 0.15) is 30.1 Å². The van der Waals surface area contributed by atoms with E-state index in [4.69, 9.17) is 11.6 Å². The summed E-state index contributed by atoms with van der Waals surface area (Å²) in [6.07, 6.45) is 1.92. The number of benzene rings is 1. The molecule has 0 bridgehead atoms. The lowest BCUT2D eigenvalue weighted by molar-refractivity contribution is 0.0952. The second kappa shape index (κ2) is 7.39. The summed E-state index contributed by atoms with van der Waals surface area (Å²) in [5.74, 6) is -0.111.